The van der Waals surface area contributed by atoms with Crippen molar-refractivity contribution in [1.29, 1.82) is 0 Å². The van der Waals surface area contributed by atoms with Crippen molar-refractivity contribution in [3.05, 3.63) is 58.2 Å². The van der Waals surface area contributed by atoms with Gasteiger partial charge in [-0.2, -0.15) is 0 Å². The minimum atomic E-state index is -4.30. The molecule has 0 aliphatic carbocycles. The average Bonchev–Trinajstić information content (AvgIpc) is 3.20. The summed E-state index contributed by atoms with van der Waals surface area (Å²) in [4.78, 5) is 28.9. The number of carbonyl (C=O) groups is 2. The fraction of sp³-hybridized carbons (Fsp3) is 0.238. The lowest BCUT2D eigenvalue weighted by molar-refractivity contribution is -0.135. The molecule has 1 amide bonds. The molecule has 9 nitrogen and oxygen atoms in total. The number of H-pyrrole nitrogens is 1. The number of anilines is 1. The van der Waals surface area contributed by atoms with Crippen molar-refractivity contribution in [1.82, 2.24) is 15.2 Å². The molecule has 1 saturated heterocycles. The number of amides is 1. The van der Waals surface area contributed by atoms with Gasteiger partial charge in [-0.3, -0.25) is 13.9 Å². The Morgan fingerprint density at radius 2 is 1.73 bits per heavy atom. The lowest BCUT2D eigenvalue weighted by Crippen LogP contribution is -2.46. The van der Waals surface area contributed by atoms with E-state index >= 15 is 0 Å². The second-order valence-electron chi connectivity index (χ2n) is 7.49. The molecule has 0 spiro atoms. The number of carboxylic acid groups (broad SMARTS) is 1. The largest absolute Gasteiger partial charge is 0.480 e. The number of piperazine rings is 1. The highest BCUT2D eigenvalue weighted by molar-refractivity contribution is 7.92. The van der Waals surface area contributed by atoms with Crippen LogP contribution in [0.25, 0.3) is 10.9 Å². The van der Waals surface area contributed by atoms with Crippen LogP contribution < -0.4 is 9.62 Å². The van der Waals surface area contributed by atoms with Crippen molar-refractivity contribution < 1.29 is 23.1 Å². The summed E-state index contributed by atoms with van der Waals surface area (Å²) in [6, 6.07) is 8.36. The number of halogens is 2. The Labute approximate surface area is 199 Å². The van der Waals surface area contributed by atoms with E-state index in [1.165, 1.54) is 30.3 Å². The molecule has 33 heavy (non-hydrogen) atoms. The third-order valence-corrected chi connectivity index (χ3v) is 7.48. The van der Waals surface area contributed by atoms with Gasteiger partial charge in [0.25, 0.3) is 15.9 Å². The van der Waals surface area contributed by atoms with Gasteiger partial charge in [0, 0.05) is 53.3 Å². The smallest absolute Gasteiger partial charge is 0.324 e. The molecule has 0 unspecified atom stereocenters. The number of hydrogen-bond donors (Lipinski definition) is 3. The summed E-state index contributed by atoms with van der Waals surface area (Å²) in [5.74, 6) is -1.47. The Balaban J connectivity index is 1.74. The summed E-state index contributed by atoms with van der Waals surface area (Å²) in [5, 5.41) is 13.4. The number of fused-ring (bicyclic) bond motifs is 1. The third-order valence-electron chi connectivity index (χ3n) is 5.29. The molecule has 1 aromatic heterocycles. The standard InChI is InChI=1S/C21H20Cl2N4O5S/c22-13-7-14(23)9-16(8-13)33(31,32)27(12-20(28)29)15-1-2-17-18(11-25-19(17)10-15)21(30)26-5-3-24-4-6-26/h1-2,7-11,24-25H,3-6,12H2,(H,28,29). The lowest BCUT2D eigenvalue weighted by Gasteiger charge is -2.27. The van der Waals surface area contributed by atoms with Crippen molar-refractivity contribution in [3.63, 3.8) is 0 Å². The molecule has 12 heteroatoms. The van der Waals surface area contributed by atoms with Crippen LogP contribution in [-0.2, 0) is 14.8 Å². The second kappa shape index (κ2) is 9.22. The Hall–Kier alpha value is -2.79. The fourth-order valence-corrected chi connectivity index (χ4v) is 5.86. The zero-order valence-electron chi connectivity index (χ0n) is 17.2. The van der Waals surface area contributed by atoms with Crippen LogP contribution in [0.5, 0.6) is 0 Å². The van der Waals surface area contributed by atoms with Crippen molar-refractivity contribution in [2.75, 3.05) is 37.0 Å². The van der Waals surface area contributed by atoms with E-state index in [1.54, 1.807) is 17.2 Å². The van der Waals surface area contributed by atoms with E-state index in [0.717, 1.165) is 4.31 Å². The van der Waals surface area contributed by atoms with Crippen LogP contribution >= 0.6 is 23.2 Å². The van der Waals surface area contributed by atoms with Crippen molar-refractivity contribution in [2.45, 2.75) is 4.90 Å². The van der Waals surface area contributed by atoms with E-state index in [9.17, 15) is 23.1 Å². The van der Waals surface area contributed by atoms with Gasteiger partial charge in [-0.1, -0.05) is 23.2 Å². The summed E-state index contributed by atoms with van der Waals surface area (Å²) < 4.78 is 27.4. The number of carbonyl (C=O) groups excluding carboxylic acids is 1. The number of aliphatic carboxylic acids is 1. The third kappa shape index (κ3) is 4.79. The number of nitrogens with one attached hydrogen (secondary N) is 2. The van der Waals surface area contributed by atoms with Crippen molar-refractivity contribution >= 4 is 61.7 Å². The summed E-state index contributed by atoms with van der Waals surface area (Å²) in [7, 11) is -4.30. The van der Waals surface area contributed by atoms with Gasteiger partial charge in [0.15, 0.2) is 0 Å². The van der Waals surface area contributed by atoms with Gasteiger partial charge in [0.05, 0.1) is 16.1 Å². The maximum Gasteiger partial charge on any atom is 0.324 e. The molecule has 4 rings (SSSR count). The first-order chi connectivity index (χ1) is 15.7. The highest BCUT2D eigenvalue weighted by atomic mass is 35.5. The Bertz CT molecular complexity index is 1320. The van der Waals surface area contributed by atoms with Crippen molar-refractivity contribution in [3.8, 4) is 0 Å². The van der Waals surface area contributed by atoms with Crippen LogP contribution in [-0.4, -0.2) is 68.0 Å². The number of sulfonamides is 1. The number of rotatable bonds is 6. The predicted molar refractivity (Wildman–Crippen MR) is 126 cm³/mol. The molecule has 1 aliphatic heterocycles. The maximum absolute atomic E-state index is 13.3. The molecule has 0 saturated carbocycles. The zero-order valence-corrected chi connectivity index (χ0v) is 19.5. The minimum Gasteiger partial charge on any atom is -0.480 e. The van der Waals surface area contributed by atoms with Crippen LogP contribution in [0.15, 0.2) is 47.5 Å². The lowest BCUT2D eigenvalue weighted by atomic mass is 10.1. The van der Waals surface area contributed by atoms with Crippen LogP contribution in [0.1, 0.15) is 10.4 Å². The molecule has 174 valence electrons. The van der Waals surface area contributed by atoms with Gasteiger partial charge < -0.3 is 20.3 Å². The zero-order chi connectivity index (χ0) is 23.8. The quantitative estimate of drug-likeness (QED) is 0.468. The van der Waals surface area contributed by atoms with E-state index in [0.29, 0.717) is 42.6 Å². The predicted octanol–water partition coefficient (Wildman–Crippen LogP) is 2.80. The first-order valence-electron chi connectivity index (χ1n) is 9.98. The van der Waals surface area contributed by atoms with Crippen LogP contribution in [0.3, 0.4) is 0 Å². The molecule has 3 aromatic rings. The molecule has 0 atom stereocenters. The van der Waals surface area contributed by atoms with E-state index in [4.69, 9.17) is 23.2 Å². The molecule has 1 fully saturated rings. The molecular formula is C21H20Cl2N4O5S. The number of nitrogens with zero attached hydrogens (tertiary/aromatic N) is 2. The SMILES string of the molecule is O=C(O)CN(c1ccc2c(C(=O)N3CCNCC3)c[nH]c2c1)S(=O)(=O)c1cc(Cl)cc(Cl)c1. The summed E-state index contributed by atoms with van der Waals surface area (Å²) in [5.41, 5.74) is 1.08. The average molecular weight is 511 g/mol. The first-order valence-corrected chi connectivity index (χ1v) is 12.2. The number of carboxylic acids is 1. The van der Waals surface area contributed by atoms with Crippen molar-refractivity contribution in [2.24, 2.45) is 0 Å². The highest BCUT2D eigenvalue weighted by Crippen LogP contribution is 2.31. The normalized spacial score (nSPS) is 14.4. The van der Waals surface area contributed by atoms with Crippen LogP contribution in [0.2, 0.25) is 10.0 Å². The van der Waals surface area contributed by atoms with Crippen LogP contribution in [0.4, 0.5) is 5.69 Å². The van der Waals surface area contributed by atoms with Gasteiger partial charge in [0.2, 0.25) is 0 Å². The molecule has 3 N–H and O–H groups in total. The van der Waals surface area contributed by atoms with E-state index < -0.39 is 22.5 Å². The topological polar surface area (TPSA) is 123 Å². The van der Waals surface area contributed by atoms with Gasteiger partial charge >= 0.3 is 5.97 Å². The molecule has 2 aromatic carbocycles. The summed E-state index contributed by atoms with van der Waals surface area (Å²) >= 11 is 11.9. The summed E-state index contributed by atoms with van der Waals surface area (Å²) in [6.45, 7) is 1.81. The highest BCUT2D eigenvalue weighted by Gasteiger charge is 2.29. The number of aromatic amines is 1. The Morgan fingerprint density at radius 3 is 2.36 bits per heavy atom. The Kier molecular flexibility index (Phi) is 6.53. The Morgan fingerprint density at radius 1 is 1.06 bits per heavy atom. The fourth-order valence-electron chi connectivity index (χ4n) is 3.73. The monoisotopic (exact) mass is 510 g/mol. The van der Waals surface area contributed by atoms with Gasteiger partial charge in [-0.15, -0.1) is 0 Å². The number of hydrogen-bond acceptors (Lipinski definition) is 5. The molecule has 0 radical (unpaired) electrons. The molecule has 0 bridgehead atoms. The van der Waals surface area contributed by atoms with Gasteiger partial charge in [0.1, 0.15) is 6.54 Å². The first kappa shape index (κ1) is 23.4. The van der Waals surface area contributed by atoms with Crippen LogP contribution in [0, 0.1) is 0 Å². The van der Waals surface area contributed by atoms with Gasteiger partial charge in [-0.05, 0) is 36.4 Å². The summed E-state index contributed by atoms with van der Waals surface area (Å²) in [6.07, 6.45) is 1.57. The minimum absolute atomic E-state index is 0.104. The van der Waals surface area contributed by atoms with E-state index in [2.05, 4.69) is 10.3 Å². The number of aromatic nitrogens is 1. The molecular weight excluding hydrogens is 491 g/mol. The van der Waals surface area contributed by atoms with Gasteiger partial charge in [-0.25, -0.2) is 8.42 Å². The second-order valence-corrected chi connectivity index (χ2v) is 10.2. The van der Waals surface area contributed by atoms with E-state index in [-0.39, 0.29) is 26.5 Å². The number of benzene rings is 2. The molecule has 1 aliphatic rings. The maximum atomic E-state index is 13.3. The molecule has 2 heterocycles. The van der Waals surface area contributed by atoms with E-state index in [1.807, 2.05) is 0 Å².